The third-order valence-corrected chi connectivity index (χ3v) is 0.907. The van der Waals surface area contributed by atoms with Crippen molar-refractivity contribution in [2.45, 2.75) is 6.04 Å². The van der Waals surface area contributed by atoms with Gasteiger partial charge in [0.25, 0.3) is 0 Å². The zero-order chi connectivity index (χ0) is 8.57. The molecule has 0 spiro atoms. The second kappa shape index (κ2) is 8.16. The van der Waals surface area contributed by atoms with Gasteiger partial charge < -0.3 is 16.2 Å². The first-order valence-electron chi connectivity index (χ1n) is 2.20. The lowest BCUT2D eigenvalue weighted by molar-refractivity contribution is -0.137. The molecule has 0 amide bonds. The average molecular weight is 163 g/mol. The second-order valence-corrected chi connectivity index (χ2v) is 1.58. The van der Waals surface area contributed by atoms with Crippen LogP contribution in [0.15, 0.2) is 0 Å². The van der Waals surface area contributed by atoms with E-state index in [-0.39, 0.29) is 5.75 Å². The van der Waals surface area contributed by atoms with Crippen LogP contribution < -0.4 is 5.73 Å². The predicted molar refractivity (Wildman–Crippen MR) is 38.5 cm³/mol. The number of hydrogen-bond acceptors (Lipinski definition) is 4. The summed E-state index contributed by atoms with van der Waals surface area (Å²) >= 11 is 3.65. The number of carboxylic acid groups (broad SMARTS) is 1. The minimum atomic E-state index is -1.00. The second-order valence-electron chi connectivity index (χ2n) is 1.22. The maximum Gasteiger partial charge on any atom is 0.321 e. The molecule has 0 aromatic rings. The highest BCUT2D eigenvalue weighted by molar-refractivity contribution is 7.80. The van der Waals surface area contributed by atoms with Crippen LogP contribution in [0.5, 0.6) is 0 Å². The van der Waals surface area contributed by atoms with Gasteiger partial charge in [-0.05, 0) is 6.08 Å². The summed E-state index contributed by atoms with van der Waals surface area (Å²) in [7, 11) is 0. The fraction of sp³-hybridized carbons (Fsp3) is 0.500. The van der Waals surface area contributed by atoms with Crippen molar-refractivity contribution in [2.75, 3.05) is 5.75 Å². The number of rotatable bonds is 2. The summed E-state index contributed by atoms with van der Waals surface area (Å²) in [5.74, 6) is -0.815. The molecule has 0 aliphatic carbocycles. The maximum absolute atomic E-state index is 9.76. The lowest BCUT2D eigenvalue weighted by Gasteiger charge is -1.96. The number of isocyanates is 1. The molecule has 5 nitrogen and oxygen atoms in total. The van der Waals surface area contributed by atoms with Gasteiger partial charge in [0.1, 0.15) is 6.04 Å². The Labute approximate surface area is 63.1 Å². The van der Waals surface area contributed by atoms with E-state index in [0.29, 0.717) is 6.08 Å². The molecule has 0 bridgehead atoms. The van der Waals surface area contributed by atoms with Gasteiger partial charge in [0, 0.05) is 5.75 Å². The largest absolute Gasteiger partial charge is 0.724 e. The van der Waals surface area contributed by atoms with Gasteiger partial charge in [-0.25, -0.2) is 0 Å². The third kappa shape index (κ3) is 10.2. The van der Waals surface area contributed by atoms with Crippen molar-refractivity contribution in [1.82, 2.24) is 0 Å². The zero-order valence-electron chi connectivity index (χ0n) is 5.02. The average Bonchev–Trinajstić information content (AvgIpc) is 1.88. The SMILES string of the molecule is NC(CS)C(=O)O.[N-]=C=O. The van der Waals surface area contributed by atoms with Gasteiger partial charge in [0.05, 0.1) is 0 Å². The lowest BCUT2D eigenvalue weighted by Crippen LogP contribution is -2.31. The van der Waals surface area contributed by atoms with Gasteiger partial charge in [-0.3, -0.25) is 9.59 Å². The third-order valence-electron chi connectivity index (χ3n) is 0.514. The number of carbonyl (C=O) groups excluding carboxylic acids is 1. The van der Waals surface area contributed by atoms with Crippen LogP contribution in [-0.2, 0) is 9.59 Å². The van der Waals surface area contributed by atoms with Crippen LogP contribution in [0.3, 0.4) is 0 Å². The van der Waals surface area contributed by atoms with Crippen LogP contribution in [-0.4, -0.2) is 29.0 Å². The van der Waals surface area contributed by atoms with Crippen molar-refractivity contribution >= 4 is 24.7 Å². The van der Waals surface area contributed by atoms with Crippen LogP contribution in [0, 0.1) is 0 Å². The molecule has 0 radical (unpaired) electrons. The summed E-state index contributed by atoms with van der Waals surface area (Å²) < 4.78 is 0. The van der Waals surface area contributed by atoms with E-state index in [1.54, 1.807) is 0 Å². The first-order chi connectivity index (χ1) is 4.59. The molecular weight excluding hydrogens is 156 g/mol. The molecule has 0 fully saturated rings. The van der Waals surface area contributed by atoms with Crippen molar-refractivity contribution in [3.63, 3.8) is 0 Å². The summed E-state index contributed by atoms with van der Waals surface area (Å²) in [5.41, 5.74) is 4.94. The fourth-order valence-electron chi connectivity index (χ4n) is 0.0781. The van der Waals surface area contributed by atoms with Gasteiger partial charge in [0.15, 0.2) is 0 Å². The molecule has 0 aliphatic rings. The molecule has 3 N–H and O–H groups in total. The van der Waals surface area contributed by atoms with Gasteiger partial charge in [-0.15, -0.1) is 0 Å². The van der Waals surface area contributed by atoms with E-state index in [1.165, 1.54) is 0 Å². The van der Waals surface area contributed by atoms with Crippen molar-refractivity contribution in [3.05, 3.63) is 5.41 Å². The molecule has 1 atom stereocenters. The standard InChI is InChI=1S/C3H7NO2S.CNO/c4-2(1-7)3(5)6;2-1-3/h2,7H,1,4H2,(H,5,6);/q;-1. The monoisotopic (exact) mass is 163 g/mol. The highest BCUT2D eigenvalue weighted by atomic mass is 32.1. The Hall–Kier alpha value is -0.840. The van der Waals surface area contributed by atoms with Gasteiger partial charge in [-0.1, -0.05) is 0 Å². The Morgan fingerprint density at radius 3 is 2.20 bits per heavy atom. The highest BCUT2D eigenvalue weighted by Crippen LogP contribution is 1.80. The number of carboxylic acids is 1. The van der Waals surface area contributed by atoms with Gasteiger partial charge >= 0.3 is 5.97 Å². The highest BCUT2D eigenvalue weighted by Gasteiger charge is 2.06. The lowest BCUT2D eigenvalue weighted by atomic mass is 10.4. The van der Waals surface area contributed by atoms with Crippen molar-refractivity contribution < 1.29 is 14.7 Å². The molecule has 0 aromatic carbocycles. The number of hydrogen-bond donors (Lipinski definition) is 3. The van der Waals surface area contributed by atoms with E-state index in [0.717, 1.165) is 0 Å². The molecule has 0 aliphatic heterocycles. The van der Waals surface area contributed by atoms with Crippen molar-refractivity contribution in [2.24, 2.45) is 5.73 Å². The van der Waals surface area contributed by atoms with Crippen LogP contribution in [0.2, 0.25) is 0 Å². The zero-order valence-corrected chi connectivity index (χ0v) is 5.91. The number of nitrogens with zero attached hydrogens (tertiary/aromatic N) is 1. The van der Waals surface area contributed by atoms with Crippen LogP contribution in [0.25, 0.3) is 5.41 Å². The van der Waals surface area contributed by atoms with E-state index in [1.807, 2.05) is 0 Å². The Bertz CT molecular complexity index is 132. The summed E-state index contributed by atoms with van der Waals surface area (Å²) in [6, 6.07) is -0.816. The molecule has 6 heteroatoms. The van der Waals surface area contributed by atoms with E-state index in [9.17, 15) is 4.79 Å². The van der Waals surface area contributed by atoms with Crippen LogP contribution in [0.1, 0.15) is 0 Å². The topological polar surface area (TPSA) is 103 Å². The van der Waals surface area contributed by atoms with Crippen LogP contribution >= 0.6 is 12.6 Å². The molecule has 0 saturated heterocycles. The van der Waals surface area contributed by atoms with Crippen LogP contribution in [0.4, 0.5) is 0 Å². The van der Waals surface area contributed by atoms with E-state index in [4.69, 9.17) is 21.0 Å². The maximum atomic E-state index is 9.76. The summed E-state index contributed by atoms with van der Waals surface area (Å²) in [4.78, 5) is 18.0. The Morgan fingerprint density at radius 2 is 2.20 bits per heavy atom. The van der Waals surface area contributed by atoms with Crippen molar-refractivity contribution in [1.29, 1.82) is 0 Å². The minimum absolute atomic E-state index is 0.190. The Morgan fingerprint density at radius 1 is 1.90 bits per heavy atom. The summed E-state index contributed by atoms with van der Waals surface area (Å²) in [5, 5.41) is 14.8. The van der Waals surface area contributed by atoms with E-state index >= 15 is 0 Å². The predicted octanol–water partition coefficient (Wildman–Crippen LogP) is -0.780. The van der Waals surface area contributed by atoms with E-state index in [2.05, 4.69) is 12.6 Å². The molecule has 1 unspecified atom stereocenters. The Balaban J connectivity index is 0. The molecule has 0 heterocycles. The smallest absolute Gasteiger partial charge is 0.321 e. The van der Waals surface area contributed by atoms with Gasteiger partial charge in [0.2, 0.25) is 0 Å². The first kappa shape index (κ1) is 11.9. The first-order valence-corrected chi connectivity index (χ1v) is 2.83. The molecular formula is C4H7N2O3S-. The fourth-order valence-corrected chi connectivity index (χ4v) is 0.234. The minimum Gasteiger partial charge on any atom is -0.724 e. The number of thiol groups is 1. The number of nitrogens with two attached hydrogens (primary N) is 1. The number of carbonyl (C=O) groups is 1. The van der Waals surface area contributed by atoms with Crippen molar-refractivity contribution in [3.8, 4) is 0 Å². The summed E-state index contributed by atoms with van der Waals surface area (Å²) in [6.45, 7) is 0. The molecule has 58 valence electrons. The molecule has 0 saturated carbocycles. The van der Waals surface area contributed by atoms with Gasteiger partial charge in [-0.2, -0.15) is 12.6 Å². The number of aliphatic carboxylic acids is 1. The molecule has 10 heavy (non-hydrogen) atoms. The quantitative estimate of drug-likeness (QED) is 0.282. The van der Waals surface area contributed by atoms with E-state index < -0.39 is 12.0 Å². The summed E-state index contributed by atoms with van der Waals surface area (Å²) in [6.07, 6.45) is 0.500. The molecule has 0 aromatic heterocycles. The Kier molecular flexibility index (Phi) is 9.71. The molecule has 0 rings (SSSR count). The normalized spacial score (nSPS) is 10.2.